The van der Waals surface area contributed by atoms with Crippen molar-refractivity contribution in [2.24, 2.45) is 15.8 Å². The highest BCUT2D eigenvalue weighted by molar-refractivity contribution is 5.94. The molecule has 2 aliphatic rings. The molecule has 3 rings (SSSR count). The maximum atomic E-state index is 9.89. The van der Waals surface area contributed by atoms with Crippen LogP contribution in [-0.2, 0) is 21.6 Å². The van der Waals surface area contributed by atoms with Crippen LogP contribution in [0.1, 0.15) is 25.0 Å². The van der Waals surface area contributed by atoms with Gasteiger partial charge in [-0.25, -0.2) is 4.99 Å². The zero-order valence-corrected chi connectivity index (χ0v) is 12.2. The zero-order valence-electron chi connectivity index (χ0n) is 12.2. The second-order valence-corrected chi connectivity index (χ2v) is 5.85. The maximum Gasteiger partial charge on any atom is 0.208 e. The number of ether oxygens (including phenoxy) is 2. The lowest BCUT2D eigenvalue weighted by Crippen LogP contribution is -2.27. The Bertz CT molecular complexity index is 644. The van der Waals surface area contributed by atoms with E-state index in [0.29, 0.717) is 12.4 Å². The Hall–Kier alpha value is -1.86. The summed E-state index contributed by atoms with van der Waals surface area (Å²) in [7, 11) is 3.24. The van der Waals surface area contributed by atoms with E-state index in [1.165, 1.54) is 0 Å². The molecule has 0 aromatic heterocycles. The molecule has 1 aliphatic heterocycles. The van der Waals surface area contributed by atoms with Gasteiger partial charge >= 0.3 is 0 Å². The highest BCUT2D eigenvalue weighted by Gasteiger charge is 2.89. The van der Waals surface area contributed by atoms with Crippen molar-refractivity contribution in [3.8, 4) is 6.07 Å². The minimum Gasteiger partial charge on any atom is -0.483 e. The minimum absolute atomic E-state index is 0.394. The third-order valence-electron chi connectivity index (χ3n) is 5.06. The number of methoxy groups -OCH3 is 2. The van der Waals surface area contributed by atoms with Gasteiger partial charge in [-0.2, -0.15) is 5.26 Å². The first-order valence-electron chi connectivity index (χ1n) is 6.67. The third kappa shape index (κ3) is 1.06. The Balaban J connectivity index is 2.36. The van der Waals surface area contributed by atoms with Crippen LogP contribution in [0.5, 0.6) is 0 Å². The monoisotopic (exact) mass is 270 g/mol. The average Bonchev–Trinajstić information content (AvgIpc) is 2.96. The zero-order chi connectivity index (χ0) is 14.6. The fourth-order valence-corrected chi connectivity index (χ4v) is 4.07. The van der Waals surface area contributed by atoms with E-state index in [4.69, 9.17) is 9.47 Å². The van der Waals surface area contributed by atoms with Crippen molar-refractivity contribution >= 4 is 5.90 Å². The molecule has 1 aliphatic carbocycles. The predicted molar refractivity (Wildman–Crippen MR) is 75.1 cm³/mol. The lowest BCUT2D eigenvalue weighted by molar-refractivity contribution is 0.0360. The van der Waals surface area contributed by atoms with Crippen molar-refractivity contribution in [1.82, 2.24) is 0 Å². The van der Waals surface area contributed by atoms with Gasteiger partial charge in [0.25, 0.3) is 0 Å². The van der Waals surface area contributed by atoms with E-state index in [9.17, 15) is 5.26 Å². The van der Waals surface area contributed by atoms with Gasteiger partial charge < -0.3 is 9.47 Å². The summed E-state index contributed by atoms with van der Waals surface area (Å²) in [5, 5.41) is 9.89. The van der Waals surface area contributed by atoms with E-state index in [2.05, 4.69) is 11.1 Å². The summed E-state index contributed by atoms with van der Waals surface area (Å²) in [6, 6.07) is 10.5. The van der Waals surface area contributed by atoms with Crippen LogP contribution in [-0.4, -0.2) is 20.1 Å². The van der Waals surface area contributed by atoms with Crippen molar-refractivity contribution in [2.75, 3.05) is 14.2 Å². The normalized spacial score (nSPS) is 33.0. The number of nitriles is 1. The molecule has 2 atom stereocenters. The van der Waals surface area contributed by atoms with E-state index >= 15 is 0 Å². The number of hydrogen-bond acceptors (Lipinski definition) is 4. The number of rotatable bonds is 1. The van der Waals surface area contributed by atoms with Crippen molar-refractivity contribution in [1.29, 1.82) is 5.26 Å². The third-order valence-corrected chi connectivity index (χ3v) is 5.06. The van der Waals surface area contributed by atoms with Crippen LogP contribution < -0.4 is 0 Å². The van der Waals surface area contributed by atoms with E-state index in [0.717, 1.165) is 11.1 Å². The number of aliphatic imine (C=N–C) groups is 1. The lowest BCUT2D eigenvalue weighted by Gasteiger charge is -2.21. The largest absolute Gasteiger partial charge is 0.483 e. The molecular weight excluding hydrogens is 252 g/mol. The van der Waals surface area contributed by atoms with Gasteiger partial charge in [0.2, 0.25) is 5.90 Å². The van der Waals surface area contributed by atoms with Gasteiger partial charge in [0.15, 0.2) is 5.41 Å². The van der Waals surface area contributed by atoms with E-state index in [1.807, 2.05) is 38.1 Å². The van der Waals surface area contributed by atoms with Crippen LogP contribution in [0.2, 0.25) is 0 Å². The second-order valence-electron chi connectivity index (χ2n) is 5.85. The van der Waals surface area contributed by atoms with Crippen LogP contribution in [0.15, 0.2) is 29.3 Å². The first-order chi connectivity index (χ1) is 9.53. The smallest absolute Gasteiger partial charge is 0.208 e. The molecule has 104 valence electrons. The Morgan fingerprint density at radius 1 is 1.25 bits per heavy atom. The summed E-state index contributed by atoms with van der Waals surface area (Å²) in [6.45, 7) is 4.59. The standard InChI is InChI=1S/C16H18N2O2/c1-14(2)15(10-17)13(19-3)18-9-11-7-5-6-8-12(11)16(14,15)20-4/h5-8H,9H2,1-4H3/t15-,16-/m0/s1. The highest BCUT2D eigenvalue weighted by Crippen LogP contribution is 2.79. The Kier molecular flexibility index (Phi) is 2.52. The summed E-state index contributed by atoms with van der Waals surface area (Å²) in [4.78, 5) is 4.53. The van der Waals surface area contributed by atoms with Gasteiger partial charge in [0.05, 0.1) is 19.7 Å². The molecule has 4 nitrogen and oxygen atoms in total. The first kappa shape index (κ1) is 13.1. The van der Waals surface area contributed by atoms with Crippen molar-refractivity contribution in [3.63, 3.8) is 0 Å². The fraction of sp³-hybridized carbons (Fsp3) is 0.500. The summed E-state index contributed by atoms with van der Waals surface area (Å²) < 4.78 is 11.4. The minimum atomic E-state index is -0.865. The molecule has 0 N–H and O–H groups in total. The Labute approximate surface area is 119 Å². The van der Waals surface area contributed by atoms with Crippen LogP contribution in [0.3, 0.4) is 0 Å². The molecule has 20 heavy (non-hydrogen) atoms. The van der Waals surface area contributed by atoms with Crippen LogP contribution in [0.4, 0.5) is 0 Å². The van der Waals surface area contributed by atoms with Gasteiger partial charge in [-0.3, -0.25) is 0 Å². The van der Waals surface area contributed by atoms with E-state index in [-0.39, 0.29) is 0 Å². The summed E-state index contributed by atoms with van der Waals surface area (Å²) in [5.74, 6) is 0.475. The highest BCUT2D eigenvalue weighted by atomic mass is 16.5. The number of nitrogens with zero attached hydrogens (tertiary/aromatic N) is 2. The lowest BCUT2D eigenvalue weighted by atomic mass is 9.94. The molecular formula is C16H18N2O2. The number of benzene rings is 1. The second kappa shape index (κ2) is 3.83. The first-order valence-corrected chi connectivity index (χ1v) is 6.67. The molecule has 0 radical (unpaired) electrons. The summed E-state index contributed by atoms with van der Waals surface area (Å²) in [6.07, 6.45) is 0. The van der Waals surface area contributed by atoms with Gasteiger partial charge in [0.1, 0.15) is 5.60 Å². The van der Waals surface area contributed by atoms with Crippen molar-refractivity contribution in [3.05, 3.63) is 35.4 Å². The Morgan fingerprint density at radius 2 is 1.95 bits per heavy atom. The molecule has 1 aromatic rings. The SMILES string of the molecule is COC1=NCc2ccccc2[C@]2(OC)C(C)(C)[C@]12C#N. The quantitative estimate of drug-likeness (QED) is 0.788. The van der Waals surface area contributed by atoms with Gasteiger partial charge in [-0.15, -0.1) is 0 Å². The molecule has 1 aromatic carbocycles. The Morgan fingerprint density at radius 3 is 2.55 bits per heavy atom. The van der Waals surface area contributed by atoms with Crippen LogP contribution in [0.25, 0.3) is 0 Å². The van der Waals surface area contributed by atoms with Crippen LogP contribution >= 0.6 is 0 Å². The summed E-state index contributed by atoms with van der Waals surface area (Å²) in [5.41, 5.74) is 0.179. The molecule has 0 unspecified atom stereocenters. The molecule has 1 heterocycles. The van der Waals surface area contributed by atoms with Gasteiger partial charge in [0, 0.05) is 12.5 Å². The fourth-order valence-electron chi connectivity index (χ4n) is 4.07. The molecule has 0 saturated heterocycles. The predicted octanol–water partition coefficient (Wildman–Crippen LogP) is 2.64. The topological polar surface area (TPSA) is 54.6 Å². The van der Waals surface area contributed by atoms with E-state index in [1.54, 1.807) is 14.2 Å². The summed E-state index contributed by atoms with van der Waals surface area (Å²) >= 11 is 0. The van der Waals surface area contributed by atoms with Crippen LogP contribution in [0, 0.1) is 22.2 Å². The molecule has 1 fully saturated rings. The van der Waals surface area contributed by atoms with Crippen molar-refractivity contribution in [2.45, 2.75) is 26.0 Å². The number of fused-ring (bicyclic) bond motifs is 3. The van der Waals surface area contributed by atoms with Gasteiger partial charge in [-0.05, 0) is 11.1 Å². The average molecular weight is 270 g/mol. The molecule has 0 bridgehead atoms. The number of hydrogen-bond donors (Lipinski definition) is 0. The molecule has 4 heteroatoms. The molecule has 0 spiro atoms. The molecule has 0 amide bonds. The molecule has 1 saturated carbocycles. The van der Waals surface area contributed by atoms with Crippen molar-refractivity contribution < 1.29 is 9.47 Å². The maximum absolute atomic E-state index is 9.89. The van der Waals surface area contributed by atoms with Gasteiger partial charge in [-0.1, -0.05) is 38.1 Å². The van der Waals surface area contributed by atoms with E-state index < -0.39 is 16.4 Å².